The summed E-state index contributed by atoms with van der Waals surface area (Å²) < 4.78 is 13.6. The third-order valence-corrected chi connectivity index (χ3v) is 3.25. The predicted molar refractivity (Wildman–Crippen MR) is 66.5 cm³/mol. The highest BCUT2D eigenvalue weighted by Gasteiger charge is 2.16. The third kappa shape index (κ3) is 1.99. The summed E-state index contributed by atoms with van der Waals surface area (Å²) in [7, 11) is 0. The summed E-state index contributed by atoms with van der Waals surface area (Å²) in [5.41, 5.74) is 3.88. The van der Waals surface area contributed by atoms with Crippen LogP contribution in [0.3, 0.4) is 0 Å². The van der Waals surface area contributed by atoms with Crippen LogP contribution in [-0.2, 0) is 19.5 Å². The Morgan fingerprint density at radius 1 is 1.22 bits per heavy atom. The Kier molecular flexibility index (Phi) is 2.80. The van der Waals surface area contributed by atoms with E-state index >= 15 is 0 Å². The maximum atomic E-state index is 13.6. The predicted octanol–water partition coefficient (Wildman–Crippen LogP) is 2.12. The number of nitrogens with one attached hydrogen (secondary N) is 1. The molecule has 1 aromatic heterocycles. The average Bonchev–Trinajstić information content (AvgIpc) is 2.81. The molecule has 1 aliphatic heterocycles. The van der Waals surface area contributed by atoms with E-state index in [4.69, 9.17) is 0 Å². The standard InChI is InChI=1S/C14H14FN3/c1-9-11-7-16-8-13(11)18-14(17-9)6-10-4-2-3-5-12(10)15/h2-5,16H,6-8H2,1H3. The van der Waals surface area contributed by atoms with Crippen molar-refractivity contribution in [1.29, 1.82) is 0 Å². The first-order valence-electron chi connectivity index (χ1n) is 6.03. The van der Waals surface area contributed by atoms with Crippen LogP contribution in [0.5, 0.6) is 0 Å². The van der Waals surface area contributed by atoms with Crippen molar-refractivity contribution in [2.75, 3.05) is 0 Å². The van der Waals surface area contributed by atoms with Crippen molar-refractivity contribution in [3.8, 4) is 0 Å². The van der Waals surface area contributed by atoms with Gasteiger partial charge in [-0.2, -0.15) is 0 Å². The number of rotatable bonds is 2. The number of hydrogen-bond donors (Lipinski definition) is 1. The van der Waals surface area contributed by atoms with E-state index in [1.807, 2.05) is 13.0 Å². The lowest BCUT2D eigenvalue weighted by Gasteiger charge is -2.07. The van der Waals surface area contributed by atoms with Crippen LogP contribution >= 0.6 is 0 Å². The van der Waals surface area contributed by atoms with Crippen LogP contribution in [0.1, 0.15) is 28.3 Å². The summed E-state index contributed by atoms with van der Waals surface area (Å²) in [5.74, 6) is 0.498. The molecule has 92 valence electrons. The van der Waals surface area contributed by atoms with Gasteiger partial charge in [0.2, 0.25) is 0 Å². The summed E-state index contributed by atoms with van der Waals surface area (Å²) in [5, 5.41) is 3.25. The van der Waals surface area contributed by atoms with Crippen LogP contribution in [0.25, 0.3) is 0 Å². The van der Waals surface area contributed by atoms with E-state index < -0.39 is 0 Å². The number of hydrogen-bond acceptors (Lipinski definition) is 3. The lowest BCUT2D eigenvalue weighted by molar-refractivity contribution is 0.611. The van der Waals surface area contributed by atoms with Crippen molar-refractivity contribution in [3.05, 3.63) is 58.4 Å². The zero-order valence-corrected chi connectivity index (χ0v) is 10.2. The van der Waals surface area contributed by atoms with Gasteiger partial charge in [-0.25, -0.2) is 14.4 Å². The van der Waals surface area contributed by atoms with Crippen molar-refractivity contribution in [1.82, 2.24) is 15.3 Å². The molecule has 0 aliphatic carbocycles. The molecule has 0 fully saturated rings. The van der Waals surface area contributed by atoms with Crippen molar-refractivity contribution in [2.45, 2.75) is 26.4 Å². The topological polar surface area (TPSA) is 37.8 Å². The first kappa shape index (κ1) is 11.3. The van der Waals surface area contributed by atoms with Gasteiger partial charge >= 0.3 is 0 Å². The van der Waals surface area contributed by atoms with Crippen LogP contribution in [0, 0.1) is 12.7 Å². The van der Waals surface area contributed by atoms with E-state index in [1.165, 1.54) is 11.6 Å². The molecule has 0 saturated carbocycles. The van der Waals surface area contributed by atoms with Gasteiger partial charge in [0.1, 0.15) is 11.6 Å². The molecule has 0 unspecified atom stereocenters. The molecule has 0 spiro atoms. The number of fused-ring (bicyclic) bond motifs is 1. The number of aromatic nitrogens is 2. The minimum Gasteiger partial charge on any atom is -0.307 e. The van der Waals surface area contributed by atoms with Gasteiger partial charge in [-0.05, 0) is 18.6 Å². The van der Waals surface area contributed by atoms with Crippen molar-refractivity contribution in [2.24, 2.45) is 0 Å². The highest BCUT2D eigenvalue weighted by molar-refractivity contribution is 5.30. The fourth-order valence-electron chi connectivity index (χ4n) is 2.29. The second-order valence-electron chi connectivity index (χ2n) is 4.52. The van der Waals surface area contributed by atoms with Crippen molar-refractivity contribution in [3.63, 3.8) is 0 Å². The summed E-state index contributed by atoms with van der Waals surface area (Å²) in [4.78, 5) is 8.97. The molecule has 3 rings (SSSR count). The molecule has 0 bridgehead atoms. The normalized spacial score (nSPS) is 13.7. The molecule has 0 atom stereocenters. The highest BCUT2D eigenvalue weighted by atomic mass is 19.1. The largest absolute Gasteiger partial charge is 0.307 e. The highest BCUT2D eigenvalue weighted by Crippen LogP contribution is 2.18. The van der Waals surface area contributed by atoms with Gasteiger partial charge in [-0.3, -0.25) is 0 Å². The Morgan fingerprint density at radius 3 is 2.89 bits per heavy atom. The van der Waals surface area contributed by atoms with E-state index in [9.17, 15) is 4.39 Å². The molecule has 0 amide bonds. The van der Waals surface area contributed by atoms with Gasteiger partial charge in [0, 0.05) is 30.8 Å². The SMILES string of the molecule is Cc1nc(Cc2ccccc2F)nc2c1CNC2. The van der Waals surface area contributed by atoms with Crippen molar-refractivity contribution < 1.29 is 4.39 Å². The Morgan fingerprint density at radius 2 is 2.06 bits per heavy atom. The summed E-state index contributed by atoms with van der Waals surface area (Å²) in [6.07, 6.45) is 0.445. The first-order chi connectivity index (χ1) is 8.74. The number of nitrogens with zero attached hydrogens (tertiary/aromatic N) is 2. The maximum absolute atomic E-state index is 13.6. The molecule has 3 nitrogen and oxygen atoms in total. The molecule has 0 saturated heterocycles. The number of aryl methyl sites for hydroxylation is 1. The van der Waals surface area contributed by atoms with Gasteiger partial charge in [-0.1, -0.05) is 18.2 Å². The fourth-order valence-corrected chi connectivity index (χ4v) is 2.29. The van der Waals surface area contributed by atoms with E-state index in [2.05, 4.69) is 15.3 Å². The van der Waals surface area contributed by atoms with Crippen LogP contribution in [0.15, 0.2) is 24.3 Å². The Bertz CT molecular complexity index is 596. The monoisotopic (exact) mass is 243 g/mol. The molecule has 1 aliphatic rings. The quantitative estimate of drug-likeness (QED) is 0.878. The zero-order chi connectivity index (χ0) is 12.5. The second-order valence-corrected chi connectivity index (χ2v) is 4.52. The molecule has 18 heavy (non-hydrogen) atoms. The van der Waals surface area contributed by atoms with Gasteiger partial charge in [-0.15, -0.1) is 0 Å². The van der Waals surface area contributed by atoms with E-state index in [-0.39, 0.29) is 5.82 Å². The lowest BCUT2D eigenvalue weighted by atomic mass is 10.1. The van der Waals surface area contributed by atoms with E-state index in [0.717, 1.165) is 24.5 Å². The second kappa shape index (κ2) is 4.46. The van der Waals surface area contributed by atoms with Gasteiger partial charge in [0.05, 0.1) is 5.69 Å². The summed E-state index contributed by atoms with van der Waals surface area (Å²) in [6, 6.07) is 6.77. The number of benzene rings is 1. The Labute approximate surface area is 105 Å². The van der Waals surface area contributed by atoms with Crippen LogP contribution in [0.2, 0.25) is 0 Å². The van der Waals surface area contributed by atoms with Gasteiger partial charge in [0.25, 0.3) is 0 Å². The van der Waals surface area contributed by atoms with Gasteiger partial charge in [0.15, 0.2) is 0 Å². The minimum absolute atomic E-state index is 0.197. The maximum Gasteiger partial charge on any atom is 0.133 e. The first-order valence-corrected chi connectivity index (χ1v) is 6.03. The Balaban J connectivity index is 1.95. The molecule has 2 heterocycles. The van der Waals surface area contributed by atoms with Crippen molar-refractivity contribution >= 4 is 0 Å². The molecule has 4 heteroatoms. The average molecular weight is 243 g/mol. The smallest absolute Gasteiger partial charge is 0.133 e. The molecular weight excluding hydrogens is 229 g/mol. The molecule has 2 aromatic rings. The summed E-state index contributed by atoms with van der Waals surface area (Å²) in [6.45, 7) is 3.60. The zero-order valence-electron chi connectivity index (χ0n) is 10.2. The van der Waals surface area contributed by atoms with Crippen LogP contribution in [0.4, 0.5) is 4.39 Å². The van der Waals surface area contributed by atoms with E-state index in [0.29, 0.717) is 17.8 Å². The molecule has 1 aromatic carbocycles. The molecule has 0 radical (unpaired) electrons. The lowest BCUT2D eigenvalue weighted by Crippen LogP contribution is -2.05. The molecular formula is C14H14FN3. The van der Waals surface area contributed by atoms with E-state index in [1.54, 1.807) is 12.1 Å². The van der Waals surface area contributed by atoms with Crippen LogP contribution in [-0.4, -0.2) is 9.97 Å². The number of halogens is 1. The van der Waals surface area contributed by atoms with Crippen LogP contribution < -0.4 is 5.32 Å². The minimum atomic E-state index is -0.197. The fraction of sp³-hybridized carbons (Fsp3) is 0.286. The molecule has 1 N–H and O–H groups in total. The van der Waals surface area contributed by atoms with Gasteiger partial charge < -0.3 is 5.32 Å². The third-order valence-electron chi connectivity index (χ3n) is 3.25. The summed E-state index contributed by atoms with van der Waals surface area (Å²) >= 11 is 0. The Hall–Kier alpha value is -1.81.